The smallest absolute Gasteiger partial charge is 0.269 e. The minimum absolute atomic E-state index is 0.0813. The number of rotatable bonds is 6. The number of nitro benzene ring substituents is 1. The summed E-state index contributed by atoms with van der Waals surface area (Å²) >= 11 is 0. The van der Waals surface area contributed by atoms with E-state index in [9.17, 15) is 14.9 Å². The lowest BCUT2D eigenvalue weighted by Crippen LogP contribution is -2.16. The van der Waals surface area contributed by atoms with E-state index in [1.807, 2.05) is 6.07 Å². The molecule has 0 bridgehead atoms. The van der Waals surface area contributed by atoms with E-state index in [4.69, 9.17) is 5.26 Å². The lowest BCUT2D eigenvalue weighted by molar-refractivity contribution is -0.384. The maximum atomic E-state index is 12.0. The second-order valence-corrected chi connectivity index (χ2v) is 4.67. The third-order valence-electron chi connectivity index (χ3n) is 2.98. The van der Waals surface area contributed by atoms with Crippen LogP contribution in [0.25, 0.3) is 0 Å². The third-order valence-corrected chi connectivity index (χ3v) is 2.98. The first kappa shape index (κ1) is 16.6. The Morgan fingerprint density at radius 1 is 1.33 bits per heavy atom. The van der Waals surface area contributed by atoms with E-state index in [0.717, 1.165) is 5.56 Å². The number of pyridine rings is 1. The van der Waals surface area contributed by atoms with Crippen molar-refractivity contribution in [2.75, 3.05) is 5.32 Å². The van der Waals surface area contributed by atoms with Gasteiger partial charge in [0.25, 0.3) is 11.6 Å². The molecule has 0 radical (unpaired) electrons. The van der Waals surface area contributed by atoms with Gasteiger partial charge in [0.1, 0.15) is 11.6 Å². The Bertz CT molecular complexity index is 795. The number of nitriles is 1. The number of nitro groups is 1. The highest BCUT2D eigenvalue weighted by molar-refractivity contribution is 6.06. The number of anilines is 1. The number of non-ortho nitro benzene ring substituents is 1. The number of benzene rings is 1. The Balaban J connectivity index is 1.96. The molecule has 0 spiro atoms. The third kappa shape index (κ3) is 4.64. The Morgan fingerprint density at radius 2 is 2.08 bits per heavy atom. The van der Waals surface area contributed by atoms with E-state index < -0.39 is 10.8 Å². The molecule has 0 unspecified atom stereocenters. The summed E-state index contributed by atoms with van der Waals surface area (Å²) in [5.74, 6) is -0.606. The van der Waals surface area contributed by atoms with Crippen LogP contribution in [0.4, 0.5) is 11.4 Å². The average Bonchev–Trinajstić information content (AvgIpc) is 2.60. The summed E-state index contributed by atoms with van der Waals surface area (Å²) in [6.07, 6.45) is 4.63. The zero-order valence-electron chi connectivity index (χ0n) is 12.5. The van der Waals surface area contributed by atoms with Crippen LogP contribution >= 0.6 is 0 Å². The van der Waals surface area contributed by atoms with Crippen molar-refractivity contribution in [3.05, 3.63) is 76.2 Å². The van der Waals surface area contributed by atoms with E-state index in [1.165, 1.54) is 30.5 Å². The summed E-state index contributed by atoms with van der Waals surface area (Å²) in [7, 11) is 0. The van der Waals surface area contributed by atoms with Crippen molar-refractivity contribution in [1.82, 2.24) is 10.3 Å². The van der Waals surface area contributed by atoms with E-state index in [2.05, 4.69) is 15.6 Å². The van der Waals surface area contributed by atoms with Crippen LogP contribution in [0, 0.1) is 21.4 Å². The molecule has 0 fully saturated rings. The van der Waals surface area contributed by atoms with Gasteiger partial charge in [-0.05, 0) is 23.8 Å². The van der Waals surface area contributed by atoms with Crippen LogP contribution in [0.15, 0.2) is 60.6 Å². The van der Waals surface area contributed by atoms with Gasteiger partial charge >= 0.3 is 0 Å². The molecule has 0 atom stereocenters. The molecule has 0 aliphatic rings. The van der Waals surface area contributed by atoms with Crippen LogP contribution in [0.1, 0.15) is 5.56 Å². The van der Waals surface area contributed by atoms with E-state index in [1.54, 1.807) is 24.5 Å². The monoisotopic (exact) mass is 323 g/mol. The fourth-order valence-electron chi connectivity index (χ4n) is 1.79. The molecule has 2 aromatic rings. The van der Waals surface area contributed by atoms with Crippen LogP contribution in [0.3, 0.4) is 0 Å². The van der Waals surface area contributed by atoms with Crippen molar-refractivity contribution in [2.45, 2.75) is 6.54 Å². The molecular formula is C16H13N5O3. The van der Waals surface area contributed by atoms with Crippen molar-refractivity contribution in [3.8, 4) is 6.07 Å². The molecule has 0 aliphatic heterocycles. The van der Waals surface area contributed by atoms with Gasteiger partial charge in [-0.25, -0.2) is 0 Å². The molecule has 8 nitrogen and oxygen atoms in total. The largest absolute Gasteiger partial charge is 0.386 e. The molecule has 1 aromatic carbocycles. The number of aromatic nitrogens is 1. The SMILES string of the molecule is N#C/C(=C/NCc1cccnc1)C(=O)Nc1ccc([N+](=O)[O-])cc1. The molecule has 0 saturated heterocycles. The maximum Gasteiger partial charge on any atom is 0.269 e. The Kier molecular flexibility index (Phi) is 5.58. The normalized spacial score (nSPS) is 10.5. The lowest BCUT2D eigenvalue weighted by Gasteiger charge is -2.05. The minimum atomic E-state index is -0.606. The molecule has 0 aliphatic carbocycles. The Hall–Kier alpha value is -3.73. The van der Waals surface area contributed by atoms with Gasteiger partial charge in [-0.1, -0.05) is 6.07 Å². The van der Waals surface area contributed by atoms with Gasteiger partial charge in [-0.2, -0.15) is 5.26 Å². The zero-order valence-corrected chi connectivity index (χ0v) is 12.5. The minimum Gasteiger partial charge on any atom is -0.386 e. The fraction of sp³-hybridized carbons (Fsp3) is 0.0625. The first-order valence-electron chi connectivity index (χ1n) is 6.88. The van der Waals surface area contributed by atoms with Crippen molar-refractivity contribution in [3.63, 3.8) is 0 Å². The zero-order chi connectivity index (χ0) is 17.4. The highest BCUT2D eigenvalue weighted by Crippen LogP contribution is 2.15. The number of hydrogen-bond acceptors (Lipinski definition) is 6. The second kappa shape index (κ2) is 8.05. The number of hydrogen-bond donors (Lipinski definition) is 2. The van der Waals surface area contributed by atoms with E-state index >= 15 is 0 Å². The highest BCUT2D eigenvalue weighted by atomic mass is 16.6. The summed E-state index contributed by atoms with van der Waals surface area (Å²) < 4.78 is 0. The highest BCUT2D eigenvalue weighted by Gasteiger charge is 2.10. The maximum absolute atomic E-state index is 12.0. The Morgan fingerprint density at radius 3 is 2.67 bits per heavy atom. The number of carbonyl (C=O) groups is 1. The lowest BCUT2D eigenvalue weighted by atomic mass is 10.2. The topological polar surface area (TPSA) is 121 Å². The second-order valence-electron chi connectivity index (χ2n) is 4.67. The summed E-state index contributed by atoms with van der Waals surface area (Å²) in [4.78, 5) is 26.0. The van der Waals surface area contributed by atoms with Gasteiger partial charge in [-0.15, -0.1) is 0 Å². The molecule has 2 N–H and O–H groups in total. The molecule has 24 heavy (non-hydrogen) atoms. The van der Waals surface area contributed by atoms with Gasteiger partial charge < -0.3 is 10.6 Å². The standard InChI is InChI=1S/C16H13N5O3/c17-8-13(11-19-10-12-2-1-7-18-9-12)16(22)20-14-3-5-15(6-4-14)21(23)24/h1-7,9,11,19H,10H2,(H,20,22)/b13-11-. The predicted molar refractivity (Wildman–Crippen MR) is 86.5 cm³/mol. The Labute approximate surface area is 137 Å². The molecule has 1 amide bonds. The summed E-state index contributed by atoms with van der Waals surface area (Å²) in [5.41, 5.74) is 1.07. The molecule has 2 rings (SSSR count). The number of nitrogens with one attached hydrogen (secondary N) is 2. The van der Waals surface area contributed by atoms with Gasteiger partial charge in [0.15, 0.2) is 0 Å². The van der Waals surface area contributed by atoms with E-state index in [0.29, 0.717) is 12.2 Å². The summed E-state index contributed by atoms with van der Waals surface area (Å²) in [6.45, 7) is 0.420. The van der Waals surface area contributed by atoms with Crippen molar-refractivity contribution >= 4 is 17.3 Å². The first-order valence-corrected chi connectivity index (χ1v) is 6.88. The van der Waals surface area contributed by atoms with Crippen molar-refractivity contribution in [2.24, 2.45) is 0 Å². The van der Waals surface area contributed by atoms with Crippen LogP contribution in [-0.2, 0) is 11.3 Å². The van der Waals surface area contributed by atoms with Crippen molar-refractivity contribution < 1.29 is 9.72 Å². The molecule has 1 aromatic heterocycles. The number of carbonyl (C=O) groups excluding carboxylic acids is 1. The number of amides is 1. The van der Waals surface area contributed by atoms with Gasteiger partial charge in [0.05, 0.1) is 4.92 Å². The predicted octanol–water partition coefficient (Wildman–Crippen LogP) is 2.13. The van der Waals surface area contributed by atoms with Crippen molar-refractivity contribution in [1.29, 1.82) is 5.26 Å². The van der Waals surface area contributed by atoms with Crippen LogP contribution in [-0.4, -0.2) is 15.8 Å². The quantitative estimate of drug-likeness (QED) is 0.363. The molecule has 120 valence electrons. The first-order chi connectivity index (χ1) is 11.6. The fourth-order valence-corrected chi connectivity index (χ4v) is 1.79. The van der Waals surface area contributed by atoms with Crippen LogP contribution in [0.2, 0.25) is 0 Å². The average molecular weight is 323 g/mol. The molecule has 1 heterocycles. The number of nitrogens with zero attached hydrogens (tertiary/aromatic N) is 3. The van der Waals surface area contributed by atoms with Gasteiger partial charge in [0.2, 0.25) is 0 Å². The van der Waals surface area contributed by atoms with Gasteiger partial charge in [0, 0.05) is 43.0 Å². The summed E-state index contributed by atoms with van der Waals surface area (Å²) in [6, 6.07) is 10.8. The van der Waals surface area contributed by atoms with E-state index in [-0.39, 0.29) is 11.3 Å². The molecule has 8 heteroatoms. The molecular weight excluding hydrogens is 310 g/mol. The molecule has 0 saturated carbocycles. The van der Waals surface area contributed by atoms with Crippen LogP contribution in [0.5, 0.6) is 0 Å². The summed E-state index contributed by atoms with van der Waals surface area (Å²) in [5, 5.41) is 25.0. The van der Waals surface area contributed by atoms with Gasteiger partial charge in [-0.3, -0.25) is 19.9 Å². The van der Waals surface area contributed by atoms with Crippen LogP contribution < -0.4 is 10.6 Å².